The molecular formula is C12H12N2O3S2. The summed E-state index contributed by atoms with van der Waals surface area (Å²) in [5, 5.41) is 4.80. The number of thioether (sulfide) groups is 1. The van der Waals surface area contributed by atoms with E-state index in [2.05, 4.69) is 10.6 Å². The molecule has 0 radical (unpaired) electrons. The van der Waals surface area contributed by atoms with Gasteiger partial charge in [-0.1, -0.05) is 24.0 Å². The first kappa shape index (κ1) is 13.8. The Bertz CT molecular complexity index is 516. The molecule has 0 aromatic heterocycles. The number of carbonyl (C=O) groups excluding carboxylic acids is 2. The maximum atomic E-state index is 11.8. The van der Waals surface area contributed by atoms with Crippen LogP contribution >= 0.6 is 24.0 Å². The number of anilines is 1. The van der Waals surface area contributed by atoms with Crippen molar-refractivity contribution in [1.29, 1.82) is 0 Å². The van der Waals surface area contributed by atoms with Crippen molar-refractivity contribution >= 4 is 45.8 Å². The predicted octanol–water partition coefficient (Wildman–Crippen LogP) is 1.54. The van der Waals surface area contributed by atoms with E-state index in [1.54, 1.807) is 31.4 Å². The van der Waals surface area contributed by atoms with E-state index in [-0.39, 0.29) is 18.2 Å². The number of benzene rings is 1. The fraction of sp³-hybridized carbons (Fsp3) is 0.250. The largest absolute Gasteiger partial charge is 0.497 e. The van der Waals surface area contributed by atoms with Gasteiger partial charge >= 0.3 is 0 Å². The average molecular weight is 296 g/mol. The summed E-state index contributed by atoms with van der Waals surface area (Å²) in [5.41, 5.74) is 0.664. The summed E-state index contributed by atoms with van der Waals surface area (Å²) in [6.45, 7) is 0. The van der Waals surface area contributed by atoms with Gasteiger partial charge in [-0.25, -0.2) is 0 Å². The zero-order valence-corrected chi connectivity index (χ0v) is 11.8. The number of nitrogens with one attached hydrogen (secondary N) is 2. The molecule has 7 heteroatoms. The van der Waals surface area contributed by atoms with E-state index in [4.69, 9.17) is 17.0 Å². The lowest BCUT2D eigenvalue weighted by atomic mass is 10.2. The van der Waals surface area contributed by atoms with Crippen LogP contribution in [0, 0.1) is 0 Å². The molecule has 1 aromatic carbocycles. The fourth-order valence-corrected chi connectivity index (χ4v) is 2.85. The van der Waals surface area contributed by atoms with Crippen molar-refractivity contribution in [3.05, 3.63) is 24.3 Å². The van der Waals surface area contributed by atoms with Gasteiger partial charge in [0, 0.05) is 12.1 Å². The molecular weight excluding hydrogens is 284 g/mol. The van der Waals surface area contributed by atoms with Crippen LogP contribution in [0.1, 0.15) is 6.42 Å². The van der Waals surface area contributed by atoms with Gasteiger partial charge in [0.1, 0.15) is 10.1 Å². The van der Waals surface area contributed by atoms with Gasteiger partial charge in [-0.05, 0) is 24.3 Å². The second-order valence-corrected chi connectivity index (χ2v) is 5.74. The number of carbonyl (C=O) groups is 2. The Morgan fingerprint density at radius 2 is 2.16 bits per heavy atom. The summed E-state index contributed by atoms with van der Waals surface area (Å²) >= 11 is 6.08. The van der Waals surface area contributed by atoms with Gasteiger partial charge in [-0.3, -0.25) is 9.59 Å². The molecule has 2 N–H and O–H groups in total. The summed E-state index contributed by atoms with van der Waals surface area (Å²) in [6, 6.07) is 6.98. The zero-order chi connectivity index (χ0) is 13.8. The lowest BCUT2D eigenvalue weighted by molar-refractivity contribution is -0.122. The summed E-state index contributed by atoms with van der Waals surface area (Å²) in [7, 11) is 1.58. The van der Waals surface area contributed by atoms with Gasteiger partial charge in [0.15, 0.2) is 0 Å². The SMILES string of the molecule is COc1ccc(NC(=O)C[C@H]2SC(=S)NC2=O)cc1. The van der Waals surface area contributed by atoms with Gasteiger partial charge < -0.3 is 15.4 Å². The van der Waals surface area contributed by atoms with Crippen LogP contribution in [0.25, 0.3) is 0 Å². The first-order valence-electron chi connectivity index (χ1n) is 5.54. The summed E-state index contributed by atoms with van der Waals surface area (Å²) in [4.78, 5) is 23.2. The Kier molecular flexibility index (Phi) is 4.39. The first-order valence-corrected chi connectivity index (χ1v) is 6.82. The highest BCUT2D eigenvalue weighted by atomic mass is 32.2. The minimum Gasteiger partial charge on any atom is -0.497 e. The highest BCUT2D eigenvalue weighted by Crippen LogP contribution is 2.23. The van der Waals surface area contributed by atoms with E-state index in [0.717, 1.165) is 0 Å². The van der Waals surface area contributed by atoms with E-state index < -0.39 is 5.25 Å². The number of hydrogen-bond donors (Lipinski definition) is 2. The van der Waals surface area contributed by atoms with Gasteiger partial charge in [-0.2, -0.15) is 0 Å². The van der Waals surface area contributed by atoms with Crippen molar-refractivity contribution in [1.82, 2.24) is 5.32 Å². The molecule has 1 aromatic rings. The number of rotatable bonds is 4. The van der Waals surface area contributed by atoms with Crippen molar-refractivity contribution in [2.24, 2.45) is 0 Å². The Morgan fingerprint density at radius 1 is 1.47 bits per heavy atom. The van der Waals surface area contributed by atoms with Crippen molar-refractivity contribution in [3.8, 4) is 5.75 Å². The third-order valence-electron chi connectivity index (χ3n) is 2.51. The van der Waals surface area contributed by atoms with Crippen LogP contribution < -0.4 is 15.4 Å². The van der Waals surface area contributed by atoms with Crippen molar-refractivity contribution in [2.75, 3.05) is 12.4 Å². The van der Waals surface area contributed by atoms with E-state index in [0.29, 0.717) is 15.8 Å². The number of ether oxygens (including phenoxy) is 1. The van der Waals surface area contributed by atoms with E-state index in [9.17, 15) is 9.59 Å². The highest BCUT2D eigenvalue weighted by molar-refractivity contribution is 8.24. The maximum absolute atomic E-state index is 11.8. The summed E-state index contributed by atoms with van der Waals surface area (Å²) in [5.74, 6) is 0.288. The number of hydrogen-bond acceptors (Lipinski definition) is 5. The molecule has 0 spiro atoms. The van der Waals surface area contributed by atoms with Crippen LogP contribution in [-0.2, 0) is 9.59 Å². The lowest BCUT2D eigenvalue weighted by Gasteiger charge is -2.08. The van der Waals surface area contributed by atoms with E-state index >= 15 is 0 Å². The van der Waals surface area contributed by atoms with Crippen molar-refractivity contribution in [3.63, 3.8) is 0 Å². The van der Waals surface area contributed by atoms with Crippen LogP contribution in [0.4, 0.5) is 5.69 Å². The molecule has 0 aliphatic carbocycles. The van der Waals surface area contributed by atoms with Crippen LogP contribution in [0.5, 0.6) is 5.75 Å². The second-order valence-electron chi connectivity index (χ2n) is 3.86. The molecule has 0 unspecified atom stereocenters. The van der Waals surface area contributed by atoms with Crippen LogP contribution in [0.2, 0.25) is 0 Å². The number of thiocarbonyl (C=S) groups is 1. The third kappa shape index (κ3) is 3.68. The molecule has 1 saturated heterocycles. The molecule has 19 heavy (non-hydrogen) atoms. The molecule has 2 rings (SSSR count). The number of amides is 2. The molecule has 1 fully saturated rings. The molecule has 1 aliphatic heterocycles. The van der Waals surface area contributed by atoms with Crippen LogP contribution in [0.15, 0.2) is 24.3 Å². The highest BCUT2D eigenvalue weighted by Gasteiger charge is 2.30. The van der Waals surface area contributed by atoms with Crippen molar-refractivity contribution < 1.29 is 14.3 Å². The number of methoxy groups -OCH3 is 1. The van der Waals surface area contributed by atoms with Gasteiger partial charge in [0.05, 0.1) is 12.4 Å². The summed E-state index contributed by atoms with van der Waals surface area (Å²) in [6.07, 6.45) is 0.0999. The first-order chi connectivity index (χ1) is 9.08. The Labute approximate surface area is 120 Å². The normalized spacial score (nSPS) is 18.1. The van der Waals surface area contributed by atoms with Gasteiger partial charge in [0.2, 0.25) is 11.8 Å². The Morgan fingerprint density at radius 3 is 2.68 bits per heavy atom. The predicted molar refractivity (Wildman–Crippen MR) is 78.4 cm³/mol. The molecule has 1 aliphatic rings. The second kappa shape index (κ2) is 6.03. The van der Waals surface area contributed by atoms with Gasteiger partial charge in [0.25, 0.3) is 0 Å². The third-order valence-corrected chi connectivity index (χ3v) is 3.88. The molecule has 2 amide bonds. The molecule has 0 saturated carbocycles. The topological polar surface area (TPSA) is 67.4 Å². The minimum atomic E-state index is -0.439. The average Bonchev–Trinajstić information content (AvgIpc) is 2.68. The molecule has 1 heterocycles. The fourth-order valence-electron chi connectivity index (χ4n) is 1.58. The van der Waals surface area contributed by atoms with Crippen LogP contribution in [0.3, 0.4) is 0 Å². The van der Waals surface area contributed by atoms with Crippen molar-refractivity contribution in [2.45, 2.75) is 11.7 Å². The van der Waals surface area contributed by atoms with Crippen LogP contribution in [-0.4, -0.2) is 28.5 Å². The Hall–Kier alpha value is -1.60. The summed E-state index contributed by atoms with van der Waals surface area (Å²) < 4.78 is 5.45. The molecule has 0 bridgehead atoms. The molecule has 5 nitrogen and oxygen atoms in total. The standard InChI is InChI=1S/C12H12N2O3S2/c1-17-8-4-2-7(3-5-8)13-10(15)6-9-11(16)14-12(18)19-9/h2-5,9H,6H2,1H3,(H,13,15)(H,14,16,18)/t9-/m1/s1. The quantitative estimate of drug-likeness (QED) is 0.825. The smallest absolute Gasteiger partial charge is 0.239 e. The molecule has 100 valence electrons. The Balaban J connectivity index is 1.90. The monoisotopic (exact) mass is 296 g/mol. The minimum absolute atomic E-state index is 0.0999. The zero-order valence-electron chi connectivity index (χ0n) is 10.1. The van der Waals surface area contributed by atoms with Gasteiger partial charge in [-0.15, -0.1) is 0 Å². The maximum Gasteiger partial charge on any atom is 0.239 e. The van der Waals surface area contributed by atoms with E-state index in [1.807, 2.05) is 0 Å². The molecule has 1 atom stereocenters. The van der Waals surface area contributed by atoms with E-state index in [1.165, 1.54) is 11.8 Å². The lowest BCUT2D eigenvalue weighted by Crippen LogP contribution is -2.27.